The van der Waals surface area contributed by atoms with Crippen molar-refractivity contribution in [3.8, 4) is 11.8 Å². The molecule has 6 amide bonds. The first-order chi connectivity index (χ1) is 48.9. The van der Waals surface area contributed by atoms with Gasteiger partial charge in [-0.3, -0.25) is 48.1 Å². The SMILES string of the molecule is CC(=O)NC1C(OCCOCCNC(=O)CN(CC(=O)NCCOCCOC2OC(COC(C)=O)C(C)C(C)C2NC(C)=O)C(Cc2ccc(OP(OCCC#N)N(C(C)C)C(C)C)cc2)C(=O)NCCOCCOC2OC(COC(C)=O)C(C)C(C)C2NC(C)=O)OC(COC(C)=O)C(C)C1C. The third-order valence-electron chi connectivity index (χ3n) is 18.1. The van der Waals surface area contributed by atoms with Crippen molar-refractivity contribution in [2.75, 3.05) is 119 Å². The second-order valence-corrected chi connectivity index (χ2v) is 28.1. The Morgan fingerprint density at radius 2 is 0.854 bits per heavy atom. The average Bonchev–Trinajstić information content (AvgIpc) is 0.823. The molecule has 1 aromatic rings. The molecule has 6 N–H and O–H groups in total. The summed E-state index contributed by atoms with van der Waals surface area (Å²) in [7, 11) is -1.66. The van der Waals surface area contributed by atoms with Crippen molar-refractivity contribution >= 4 is 61.9 Å². The summed E-state index contributed by atoms with van der Waals surface area (Å²) < 4.78 is 85.0. The molecule has 0 aromatic heterocycles. The van der Waals surface area contributed by atoms with E-state index >= 15 is 0 Å². The lowest BCUT2D eigenvalue weighted by Crippen LogP contribution is -2.58. The number of nitrogens with zero attached hydrogens (tertiary/aromatic N) is 3. The molecular formula is C70H116N9O23P. The molecule has 3 aliphatic heterocycles. The van der Waals surface area contributed by atoms with Crippen molar-refractivity contribution in [1.29, 1.82) is 5.26 Å². The summed E-state index contributed by atoms with van der Waals surface area (Å²) in [5.41, 5.74) is 0.635. The Labute approximate surface area is 608 Å². The predicted octanol–water partition coefficient (Wildman–Crippen LogP) is 3.20. The van der Waals surface area contributed by atoms with Crippen LogP contribution in [0.25, 0.3) is 0 Å². The monoisotopic (exact) mass is 1480 g/mol. The number of nitrogens with one attached hydrogen (secondary N) is 6. The number of ether oxygens (including phenoxy) is 12. The zero-order valence-corrected chi connectivity index (χ0v) is 63.9. The molecule has 103 heavy (non-hydrogen) atoms. The maximum absolute atomic E-state index is 14.8. The number of carbonyl (C=O) groups is 9. The van der Waals surface area contributed by atoms with Crippen LogP contribution in [0, 0.1) is 46.8 Å². The van der Waals surface area contributed by atoms with Crippen LogP contribution in [0.2, 0.25) is 0 Å². The smallest absolute Gasteiger partial charge is 0.321 e. The molecule has 0 bridgehead atoms. The van der Waals surface area contributed by atoms with Crippen LogP contribution < -0.4 is 36.4 Å². The van der Waals surface area contributed by atoms with E-state index in [2.05, 4.69) is 42.6 Å². The molecule has 0 aliphatic carbocycles. The number of carbonyl (C=O) groups excluding carboxylic acids is 9. The minimum atomic E-state index is -1.66. The number of amides is 6. The van der Waals surface area contributed by atoms with Crippen LogP contribution in [0.4, 0.5) is 0 Å². The molecule has 0 saturated carbocycles. The van der Waals surface area contributed by atoms with Crippen LogP contribution in [-0.2, 0) is 111 Å². The Kier molecular flexibility index (Phi) is 40.9. The highest BCUT2D eigenvalue weighted by atomic mass is 31.2. The first-order valence-corrected chi connectivity index (χ1v) is 36.7. The Morgan fingerprint density at radius 1 is 0.495 bits per heavy atom. The van der Waals surface area contributed by atoms with Gasteiger partial charge in [0.05, 0.1) is 134 Å². The topological polar surface area (TPSA) is 385 Å². The van der Waals surface area contributed by atoms with Crippen LogP contribution in [0.5, 0.6) is 5.75 Å². The normalized spacial score (nSPS) is 25.4. The largest absolute Gasteiger partial charge is 0.463 e. The van der Waals surface area contributed by atoms with Gasteiger partial charge in [0.2, 0.25) is 35.4 Å². The lowest BCUT2D eigenvalue weighted by Gasteiger charge is -2.44. The highest BCUT2D eigenvalue weighted by Crippen LogP contribution is 2.46. The summed E-state index contributed by atoms with van der Waals surface area (Å²) in [4.78, 5) is 116. The van der Waals surface area contributed by atoms with Gasteiger partial charge in [-0.25, -0.2) is 4.67 Å². The molecular weight excluding hydrogens is 1370 g/mol. The third kappa shape index (κ3) is 32.1. The second kappa shape index (κ2) is 47.3. The van der Waals surface area contributed by atoms with Crippen LogP contribution in [0.3, 0.4) is 0 Å². The Bertz CT molecular complexity index is 2720. The minimum absolute atomic E-state index is 0.00230. The first-order valence-electron chi connectivity index (χ1n) is 35.6. The van der Waals surface area contributed by atoms with Crippen molar-refractivity contribution in [3.63, 3.8) is 0 Å². The lowest BCUT2D eigenvalue weighted by atomic mass is 9.82. The van der Waals surface area contributed by atoms with E-state index in [-0.39, 0.29) is 184 Å². The quantitative estimate of drug-likeness (QED) is 0.0236. The van der Waals surface area contributed by atoms with Gasteiger partial charge in [0, 0.05) is 73.3 Å². The zero-order chi connectivity index (χ0) is 76.3. The van der Waals surface area contributed by atoms with Crippen LogP contribution >= 0.6 is 8.53 Å². The second-order valence-electron chi connectivity index (χ2n) is 26.7. The molecule has 0 radical (unpaired) electrons. The fraction of sp³-hybridized carbons (Fsp3) is 0.771. The Hall–Kier alpha value is -6.31. The molecule has 17 unspecified atom stereocenters. The van der Waals surface area contributed by atoms with Crippen LogP contribution in [0.15, 0.2) is 24.3 Å². The standard InChI is InChI=1S/C70H116N9O23P/c1-42(2)79(43(3)4)103(98-26-17-22-71)102-57-20-18-56(19-21-57)36-58(67(88)74-25-29-91-32-35-94-70-66(77-52(13)82)49(10)46(7)61(101-70)41-97-55(16)85)78(37-62(86)72-23-27-89-30-33-92-68-64(75-50(11)80)47(8)44(5)59(99-68)39-95-53(14)83)38-63(87)73-24-28-90-31-34-93-69-65(76-51(12)81)48(9)45(6)60(100-69)40-96-54(15)84/h18-21,42-49,58-61,64-66,68-70H,17,23-41H2,1-16H3,(H,72,86)(H,73,87)(H,74,88)(H,75,80)(H,76,81)(H,77,82). The van der Waals surface area contributed by atoms with E-state index < -0.39 is 119 Å². The van der Waals surface area contributed by atoms with Gasteiger partial charge in [-0.2, -0.15) is 5.26 Å². The number of hydrogen-bond acceptors (Lipinski definition) is 26. The number of benzene rings is 1. The first kappa shape index (κ1) is 89.1. The summed E-state index contributed by atoms with van der Waals surface area (Å²) >= 11 is 0. The van der Waals surface area contributed by atoms with E-state index in [1.807, 2.05) is 69.2 Å². The summed E-state index contributed by atoms with van der Waals surface area (Å²) in [6.07, 6.45) is -4.00. The van der Waals surface area contributed by atoms with Crippen molar-refractivity contribution in [2.24, 2.45) is 35.5 Å². The number of hydrogen-bond donors (Lipinski definition) is 6. The van der Waals surface area contributed by atoms with Crippen LogP contribution in [0.1, 0.15) is 123 Å². The van der Waals surface area contributed by atoms with E-state index in [4.69, 9.17) is 65.9 Å². The van der Waals surface area contributed by atoms with E-state index in [0.29, 0.717) is 11.3 Å². The van der Waals surface area contributed by atoms with E-state index in [9.17, 15) is 48.4 Å². The molecule has 33 heteroatoms. The predicted molar refractivity (Wildman–Crippen MR) is 374 cm³/mol. The molecule has 32 nitrogen and oxygen atoms in total. The Balaban J connectivity index is 1.54. The maximum atomic E-state index is 14.8. The van der Waals surface area contributed by atoms with Crippen molar-refractivity contribution in [2.45, 2.75) is 197 Å². The molecule has 3 fully saturated rings. The highest BCUT2D eigenvalue weighted by molar-refractivity contribution is 7.45. The van der Waals surface area contributed by atoms with Crippen LogP contribution in [-0.4, -0.2) is 255 Å². The van der Waals surface area contributed by atoms with Crippen molar-refractivity contribution in [3.05, 3.63) is 29.8 Å². The summed E-state index contributed by atoms with van der Waals surface area (Å²) in [5.74, 6) is -4.00. The van der Waals surface area contributed by atoms with Gasteiger partial charge in [0.15, 0.2) is 18.9 Å². The molecule has 3 heterocycles. The molecule has 17 atom stereocenters. The summed E-state index contributed by atoms with van der Waals surface area (Å²) in [6, 6.07) is 6.49. The Morgan fingerprint density at radius 3 is 1.18 bits per heavy atom. The molecule has 4 rings (SSSR count). The maximum Gasteiger partial charge on any atom is 0.321 e. The summed E-state index contributed by atoms with van der Waals surface area (Å²) in [6.45, 7) is 27.6. The van der Waals surface area contributed by atoms with E-state index in [0.717, 1.165) is 0 Å². The number of esters is 3. The highest BCUT2D eigenvalue weighted by Gasteiger charge is 2.46. The average molecular weight is 1480 g/mol. The number of nitriles is 1. The fourth-order valence-corrected chi connectivity index (χ4v) is 13.7. The molecule has 3 saturated heterocycles. The van der Waals surface area contributed by atoms with Gasteiger partial charge in [0.25, 0.3) is 0 Å². The van der Waals surface area contributed by atoms with Crippen molar-refractivity contribution in [1.82, 2.24) is 41.5 Å². The fourth-order valence-electron chi connectivity index (χ4n) is 12.1. The van der Waals surface area contributed by atoms with Gasteiger partial charge >= 0.3 is 26.4 Å². The van der Waals surface area contributed by atoms with Gasteiger partial charge < -0.3 is 97.8 Å². The lowest BCUT2D eigenvalue weighted by molar-refractivity contribution is -0.246. The van der Waals surface area contributed by atoms with Gasteiger partial charge in [-0.05, 0) is 87.3 Å². The molecule has 0 spiro atoms. The van der Waals surface area contributed by atoms with E-state index in [1.165, 1.54) is 46.4 Å². The van der Waals surface area contributed by atoms with E-state index in [1.54, 1.807) is 24.3 Å². The summed E-state index contributed by atoms with van der Waals surface area (Å²) in [5, 5.41) is 26.7. The number of rotatable bonds is 46. The van der Waals surface area contributed by atoms with Gasteiger partial charge in [-0.15, -0.1) is 0 Å². The van der Waals surface area contributed by atoms with Gasteiger partial charge in [-0.1, -0.05) is 53.7 Å². The third-order valence-corrected chi connectivity index (χ3v) is 20.1. The minimum Gasteiger partial charge on any atom is -0.463 e. The molecule has 1 aromatic carbocycles. The van der Waals surface area contributed by atoms with Crippen molar-refractivity contribution < 1.29 is 109 Å². The van der Waals surface area contributed by atoms with Gasteiger partial charge in [0.1, 0.15) is 25.6 Å². The molecule has 3 aliphatic rings. The molecule has 584 valence electrons. The zero-order valence-electron chi connectivity index (χ0n) is 63.0.